The fourth-order valence-corrected chi connectivity index (χ4v) is 3.70. The number of hydrogen-bond donors (Lipinski definition) is 1. The van der Waals surface area contributed by atoms with Gasteiger partial charge in [0.15, 0.2) is 0 Å². The van der Waals surface area contributed by atoms with E-state index in [4.69, 9.17) is 5.11 Å². The predicted octanol–water partition coefficient (Wildman–Crippen LogP) is 2.92. The first-order chi connectivity index (χ1) is 9.58. The topological polar surface area (TPSA) is 57.6 Å². The molecule has 2 unspecified atom stereocenters. The third-order valence-electron chi connectivity index (χ3n) is 5.07. The highest BCUT2D eigenvalue weighted by molar-refractivity contribution is 5.77. The Balaban J connectivity index is 1.74. The van der Waals surface area contributed by atoms with Gasteiger partial charge >= 0.3 is 5.97 Å². The van der Waals surface area contributed by atoms with E-state index in [0.29, 0.717) is 25.9 Å². The van der Waals surface area contributed by atoms with Gasteiger partial charge in [0.2, 0.25) is 5.91 Å². The Morgan fingerprint density at radius 2 is 1.85 bits per heavy atom. The standard InChI is InChI=1S/C16H27NO3/c1-12-11-17(10-9-14(12)16(19)20)15(18)8-7-13-5-3-2-4-6-13/h12-14H,2-11H2,1H3,(H,19,20). The van der Waals surface area contributed by atoms with Crippen molar-refractivity contribution < 1.29 is 14.7 Å². The van der Waals surface area contributed by atoms with Gasteiger partial charge in [-0.05, 0) is 24.7 Å². The van der Waals surface area contributed by atoms with E-state index >= 15 is 0 Å². The normalized spacial score (nSPS) is 28.4. The number of carbonyl (C=O) groups excluding carboxylic acids is 1. The summed E-state index contributed by atoms with van der Waals surface area (Å²) in [5.74, 6) is 0.0389. The molecule has 0 spiro atoms. The summed E-state index contributed by atoms with van der Waals surface area (Å²) in [6, 6.07) is 0. The first-order valence-electron chi connectivity index (χ1n) is 8.08. The van der Waals surface area contributed by atoms with E-state index in [-0.39, 0.29) is 17.7 Å². The Bertz CT molecular complexity index is 350. The van der Waals surface area contributed by atoms with Crippen LogP contribution in [0.4, 0.5) is 0 Å². The molecule has 1 amide bonds. The van der Waals surface area contributed by atoms with Crippen LogP contribution in [0.2, 0.25) is 0 Å². The minimum Gasteiger partial charge on any atom is -0.481 e. The van der Waals surface area contributed by atoms with Gasteiger partial charge in [-0.2, -0.15) is 0 Å². The van der Waals surface area contributed by atoms with E-state index in [1.807, 2.05) is 11.8 Å². The average Bonchev–Trinajstić information content (AvgIpc) is 2.45. The van der Waals surface area contributed by atoms with Crippen molar-refractivity contribution in [1.29, 1.82) is 0 Å². The van der Waals surface area contributed by atoms with Gasteiger partial charge < -0.3 is 10.0 Å². The van der Waals surface area contributed by atoms with Gasteiger partial charge in [0, 0.05) is 19.5 Å². The maximum atomic E-state index is 12.2. The molecule has 2 aliphatic rings. The Kier molecular flexibility index (Phi) is 5.44. The summed E-state index contributed by atoms with van der Waals surface area (Å²) >= 11 is 0. The molecule has 4 heteroatoms. The van der Waals surface area contributed by atoms with Crippen LogP contribution in [0.5, 0.6) is 0 Å². The van der Waals surface area contributed by atoms with E-state index in [0.717, 1.165) is 12.3 Å². The Labute approximate surface area is 121 Å². The molecule has 1 N–H and O–H groups in total. The Morgan fingerprint density at radius 1 is 1.15 bits per heavy atom. The maximum absolute atomic E-state index is 12.2. The molecule has 1 saturated carbocycles. The summed E-state index contributed by atoms with van der Waals surface area (Å²) in [5, 5.41) is 9.10. The van der Waals surface area contributed by atoms with Crippen LogP contribution in [0.1, 0.15) is 58.3 Å². The molecule has 1 aliphatic carbocycles. The lowest BCUT2D eigenvalue weighted by Gasteiger charge is -2.35. The van der Waals surface area contributed by atoms with Crippen LogP contribution < -0.4 is 0 Å². The molecule has 0 aromatic rings. The lowest BCUT2D eigenvalue weighted by atomic mass is 9.85. The molecule has 0 radical (unpaired) electrons. The molecule has 1 saturated heterocycles. The van der Waals surface area contributed by atoms with Crippen LogP contribution in [0.15, 0.2) is 0 Å². The number of likely N-dealkylation sites (tertiary alicyclic amines) is 1. The number of carboxylic acids is 1. The van der Waals surface area contributed by atoms with Crippen molar-refractivity contribution in [3.05, 3.63) is 0 Å². The molecule has 2 atom stereocenters. The van der Waals surface area contributed by atoms with Gasteiger partial charge in [-0.25, -0.2) is 0 Å². The van der Waals surface area contributed by atoms with Crippen LogP contribution in [-0.2, 0) is 9.59 Å². The van der Waals surface area contributed by atoms with Crippen LogP contribution >= 0.6 is 0 Å². The summed E-state index contributed by atoms with van der Waals surface area (Å²) in [7, 11) is 0. The number of carbonyl (C=O) groups is 2. The molecule has 1 heterocycles. The number of piperidine rings is 1. The number of carboxylic acid groups (broad SMARTS) is 1. The van der Waals surface area contributed by atoms with Crippen LogP contribution in [0, 0.1) is 17.8 Å². The van der Waals surface area contributed by atoms with E-state index in [1.165, 1.54) is 32.1 Å². The number of rotatable bonds is 4. The summed E-state index contributed by atoms with van der Waals surface area (Å²) < 4.78 is 0. The molecule has 4 nitrogen and oxygen atoms in total. The Morgan fingerprint density at radius 3 is 2.45 bits per heavy atom. The minimum absolute atomic E-state index is 0.0693. The van der Waals surface area contributed by atoms with Gasteiger partial charge in [-0.1, -0.05) is 39.0 Å². The molecular formula is C16H27NO3. The summed E-state index contributed by atoms with van der Waals surface area (Å²) in [6.07, 6.45) is 8.83. The third kappa shape index (κ3) is 3.97. The predicted molar refractivity (Wildman–Crippen MR) is 77.3 cm³/mol. The summed E-state index contributed by atoms with van der Waals surface area (Å²) in [5.41, 5.74) is 0. The smallest absolute Gasteiger partial charge is 0.306 e. The fraction of sp³-hybridized carbons (Fsp3) is 0.875. The zero-order valence-electron chi connectivity index (χ0n) is 12.5. The highest BCUT2D eigenvalue weighted by Crippen LogP contribution is 2.28. The second-order valence-electron chi connectivity index (χ2n) is 6.59. The highest BCUT2D eigenvalue weighted by atomic mass is 16.4. The van der Waals surface area contributed by atoms with Crippen molar-refractivity contribution in [3.63, 3.8) is 0 Å². The monoisotopic (exact) mass is 281 g/mol. The van der Waals surface area contributed by atoms with Gasteiger partial charge in [-0.15, -0.1) is 0 Å². The first kappa shape index (κ1) is 15.3. The van der Waals surface area contributed by atoms with Crippen molar-refractivity contribution in [2.45, 2.75) is 58.3 Å². The molecule has 20 heavy (non-hydrogen) atoms. The number of aliphatic carboxylic acids is 1. The minimum atomic E-state index is -0.716. The van der Waals surface area contributed by atoms with Gasteiger partial charge in [0.05, 0.1) is 5.92 Å². The van der Waals surface area contributed by atoms with E-state index < -0.39 is 5.97 Å². The fourth-order valence-electron chi connectivity index (χ4n) is 3.70. The van der Waals surface area contributed by atoms with Crippen molar-refractivity contribution in [3.8, 4) is 0 Å². The molecule has 0 aromatic heterocycles. The second-order valence-corrected chi connectivity index (χ2v) is 6.59. The van der Waals surface area contributed by atoms with E-state index in [2.05, 4.69) is 0 Å². The second kappa shape index (κ2) is 7.09. The zero-order valence-corrected chi connectivity index (χ0v) is 12.5. The molecule has 0 aromatic carbocycles. The molecule has 2 fully saturated rings. The van der Waals surface area contributed by atoms with Gasteiger partial charge in [-0.3, -0.25) is 9.59 Å². The maximum Gasteiger partial charge on any atom is 0.306 e. The van der Waals surface area contributed by atoms with Gasteiger partial charge in [0.1, 0.15) is 0 Å². The third-order valence-corrected chi connectivity index (χ3v) is 5.07. The van der Waals surface area contributed by atoms with Crippen molar-refractivity contribution in [1.82, 2.24) is 4.90 Å². The summed E-state index contributed by atoms with van der Waals surface area (Å²) in [4.78, 5) is 25.2. The SMILES string of the molecule is CC1CN(C(=O)CCC2CCCCC2)CCC1C(=O)O. The number of hydrogen-bond acceptors (Lipinski definition) is 2. The first-order valence-corrected chi connectivity index (χ1v) is 8.08. The largest absolute Gasteiger partial charge is 0.481 e. The average molecular weight is 281 g/mol. The Hall–Kier alpha value is -1.06. The van der Waals surface area contributed by atoms with E-state index in [1.54, 1.807) is 0 Å². The molecular weight excluding hydrogens is 254 g/mol. The van der Waals surface area contributed by atoms with Crippen LogP contribution in [-0.4, -0.2) is 35.0 Å². The van der Waals surface area contributed by atoms with Crippen LogP contribution in [0.25, 0.3) is 0 Å². The molecule has 0 bridgehead atoms. The lowest BCUT2D eigenvalue weighted by molar-refractivity contribution is -0.148. The molecule has 2 rings (SSSR count). The zero-order chi connectivity index (χ0) is 14.5. The molecule has 114 valence electrons. The van der Waals surface area contributed by atoms with Crippen molar-refractivity contribution in [2.75, 3.05) is 13.1 Å². The number of nitrogens with zero attached hydrogens (tertiary/aromatic N) is 1. The van der Waals surface area contributed by atoms with Gasteiger partial charge in [0.25, 0.3) is 0 Å². The quantitative estimate of drug-likeness (QED) is 0.862. The summed E-state index contributed by atoms with van der Waals surface area (Å²) in [6.45, 7) is 3.17. The van der Waals surface area contributed by atoms with Crippen LogP contribution in [0.3, 0.4) is 0 Å². The number of amides is 1. The van der Waals surface area contributed by atoms with E-state index in [9.17, 15) is 9.59 Å². The molecule has 1 aliphatic heterocycles. The van der Waals surface area contributed by atoms with Crippen molar-refractivity contribution >= 4 is 11.9 Å². The lowest BCUT2D eigenvalue weighted by Crippen LogP contribution is -2.45. The van der Waals surface area contributed by atoms with Crippen molar-refractivity contribution in [2.24, 2.45) is 17.8 Å². The highest BCUT2D eigenvalue weighted by Gasteiger charge is 2.32.